The molecule has 14 heteroatoms. The van der Waals surface area contributed by atoms with Crippen LogP contribution in [0.4, 0.5) is 4.79 Å². The van der Waals surface area contributed by atoms with Crippen molar-refractivity contribution in [2.24, 2.45) is 5.41 Å². The average Bonchev–Trinajstić information content (AvgIpc) is 3.60. The van der Waals surface area contributed by atoms with E-state index in [1.54, 1.807) is 17.6 Å². The largest absolute Gasteiger partial charge is 0.434 e. The number of fused-ring (bicyclic) bond motifs is 1. The van der Waals surface area contributed by atoms with E-state index in [2.05, 4.69) is 15.3 Å². The minimum Gasteiger partial charge on any atom is -0.434 e. The Morgan fingerprint density at radius 1 is 1.05 bits per heavy atom. The number of aryl methyl sites for hydroxylation is 2. The molecule has 13 nitrogen and oxygen atoms in total. The summed E-state index contributed by atoms with van der Waals surface area (Å²) in [7, 11) is 0. The number of carbonyl (C=O) groups excluding carboxylic acids is 3. The molecule has 3 N–H and O–H groups in total. The maximum atomic E-state index is 14.4. The average molecular weight is 606 g/mol. The van der Waals surface area contributed by atoms with E-state index in [0.717, 1.165) is 0 Å². The van der Waals surface area contributed by atoms with E-state index in [0.29, 0.717) is 37.3 Å². The summed E-state index contributed by atoms with van der Waals surface area (Å²) >= 11 is 4.83. The molecule has 42 heavy (non-hydrogen) atoms. The molecule has 0 saturated carbocycles. The quantitative estimate of drug-likeness (QED) is 0.208. The second-order valence-corrected chi connectivity index (χ2v) is 13.2. The fourth-order valence-electron chi connectivity index (χ4n) is 5.59. The summed E-state index contributed by atoms with van der Waals surface area (Å²) in [5.41, 5.74) is 0.0448. The van der Waals surface area contributed by atoms with E-state index in [4.69, 9.17) is 17.4 Å². The van der Waals surface area contributed by atoms with Crippen LogP contribution in [0.1, 0.15) is 58.8 Å². The first-order valence-electron chi connectivity index (χ1n) is 14.3. The van der Waals surface area contributed by atoms with Crippen molar-refractivity contribution < 1.29 is 29.3 Å². The lowest BCUT2D eigenvalue weighted by molar-refractivity contribution is -0.171. The molecule has 1 unspecified atom stereocenters. The van der Waals surface area contributed by atoms with Gasteiger partial charge in [0.2, 0.25) is 12.0 Å². The minimum atomic E-state index is -1.02. The van der Waals surface area contributed by atoms with Crippen LogP contribution in [0.5, 0.6) is 0 Å². The molecule has 2 fully saturated rings. The Morgan fingerprint density at radius 3 is 2.05 bits per heavy atom. The van der Waals surface area contributed by atoms with Gasteiger partial charge in [-0.1, -0.05) is 13.8 Å². The van der Waals surface area contributed by atoms with Crippen LogP contribution in [0.3, 0.4) is 0 Å². The molecule has 2 aromatic rings. The molecule has 4 heterocycles. The Labute approximate surface area is 251 Å². The summed E-state index contributed by atoms with van der Waals surface area (Å²) in [5.74, 6) is -0.698. The van der Waals surface area contributed by atoms with Gasteiger partial charge < -0.3 is 39.2 Å². The van der Waals surface area contributed by atoms with Gasteiger partial charge in [0.1, 0.15) is 6.04 Å². The highest BCUT2D eigenvalue weighted by atomic mass is 32.1. The Morgan fingerprint density at radius 2 is 1.57 bits per heavy atom. The summed E-state index contributed by atoms with van der Waals surface area (Å²) in [4.78, 5) is 52.3. The van der Waals surface area contributed by atoms with Gasteiger partial charge in [-0.3, -0.25) is 9.59 Å². The lowest BCUT2D eigenvalue weighted by Crippen LogP contribution is -2.69. The molecule has 0 bridgehead atoms. The second-order valence-electron chi connectivity index (χ2n) is 12.7. The molecule has 3 amide bonds. The van der Waals surface area contributed by atoms with Crippen LogP contribution in [-0.2, 0) is 40.5 Å². The summed E-state index contributed by atoms with van der Waals surface area (Å²) in [6, 6.07) is -1.39. The smallest absolute Gasteiger partial charge is 0.408 e. The van der Waals surface area contributed by atoms with Crippen molar-refractivity contribution in [1.29, 1.82) is 0 Å². The van der Waals surface area contributed by atoms with Gasteiger partial charge in [-0.05, 0) is 33.6 Å². The summed E-state index contributed by atoms with van der Waals surface area (Å²) < 4.78 is 9.25. The number of nitrogens with zero attached hydrogens (tertiary/aromatic N) is 6. The van der Waals surface area contributed by atoms with Crippen molar-refractivity contribution in [3.05, 3.63) is 36.4 Å². The van der Waals surface area contributed by atoms with E-state index in [1.807, 2.05) is 56.1 Å². The van der Waals surface area contributed by atoms with Crippen LogP contribution >= 0.6 is 12.6 Å². The van der Waals surface area contributed by atoms with Gasteiger partial charge in [-0.2, -0.15) is 12.6 Å². The lowest BCUT2D eigenvalue weighted by atomic mass is 9.82. The minimum absolute atomic E-state index is 0.0618. The number of nitrogens with one attached hydrogen (secondary N) is 1. The molecule has 0 aromatic carbocycles. The van der Waals surface area contributed by atoms with Crippen molar-refractivity contribution in [1.82, 2.24) is 34.2 Å². The van der Waals surface area contributed by atoms with Gasteiger partial charge in [0.25, 0.3) is 5.91 Å². The highest BCUT2D eigenvalue weighted by molar-refractivity contribution is 7.81. The van der Waals surface area contributed by atoms with Crippen molar-refractivity contribution >= 4 is 30.5 Å². The third-order valence-corrected chi connectivity index (χ3v) is 8.65. The van der Waals surface area contributed by atoms with Crippen molar-refractivity contribution in [3.63, 3.8) is 0 Å². The first kappa shape index (κ1) is 31.8. The standard InChI is InChI=1S/C28H43N7O6S/c1-27(2,3)31-26(40)41-21-20-23(42)28(4,5)22(35(20)24(21)38)25(39)34(14-18-12-32(16-29-18)8-6-10-36)15-19-13-33(17-30-19)9-7-11-37/h12-13,16-17,20-23,36-37,42H,6-11,14-15H2,1-5H3,(H,31,40)/t20-,21-,22-,23?/m1/s1. The number of aliphatic hydroxyl groups excluding tert-OH is 2. The third kappa shape index (κ3) is 6.76. The molecular formula is C28H43N7O6S. The number of hydrogen-bond acceptors (Lipinski definition) is 9. The predicted molar refractivity (Wildman–Crippen MR) is 156 cm³/mol. The molecule has 2 aliphatic heterocycles. The fraction of sp³-hybridized carbons (Fsp3) is 0.679. The lowest BCUT2D eigenvalue weighted by Gasteiger charge is -2.45. The number of alkyl carbamates (subject to hydrolysis) is 1. The van der Waals surface area contributed by atoms with E-state index in [9.17, 15) is 24.6 Å². The molecule has 4 atom stereocenters. The van der Waals surface area contributed by atoms with Crippen LogP contribution in [-0.4, -0.2) is 99.2 Å². The van der Waals surface area contributed by atoms with Crippen LogP contribution in [0.25, 0.3) is 0 Å². The normalized spacial score (nSPS) is 23.0. The van der Waals surface area contributed by atoms with Crippen LogP contribution in [0.15, 0.2) is 25.0 Å². The Balaban J connectivity index is 1.57. The van der Waals surface area contributed by atoms with Gasteiger partial charge in [0.05, 0.1) is 43.2 Å². The van der Waals surface area contributed by atoms with Gasteiger partial charge in [-0.25, -0.2) is 14.8 Å². The van der Waals surface area contributed by atoms with E-state index < -0.39 is 46.4 Å². The first-order valence-corrected chi connectivity index (χ1v) is 14.8. The number of β-lactam (4-membered cyclic amide) rings is 1. The second kappa shape index (κ2) is 12.6. The number of aliphatic hydroxyl groups is 2. The topological polar surface area (TPSA) is 155 Å². The summed E-state index contributed by atoms with van der Waals surface area (Å²) in [6.07, 6.45) is 6.46. The molecule has 0 spiro atoms. The highest BCUT2D eigenvalue weighted by Gasteiger charge is 2.69. The van der Waals surface area contributed by atoms with Gasteiger partial charge >= 0.3 is 6.09 Å². The number of ether oxygens (including phenoxy) is 1. The van der Waals surface area contributed by atoms with E-state index >= 15 is 0 Å². The van der Waals surface area contributed by atoms with E-state index in [-0.39, 0.29) is 32.2 Å². The Hall–Kier alpha value is -3.10. The Bertz CT molecular complexity index is 1220. The molecule has 2 aromatic heterocycles. The molecular weight excluding hydrogens is 562 g/mol. The molecule has 2 saturated heterocycles. The van der Waals surface area contributed by atoms with Crippen molar-refractivity contribution in [2.75, 3.05) is 13.2 Å². The highest BCUT2D eigenvalue weighted by Crippen LogP contribution is 2.51. The monoisotopic (exact) mass is 605 g/mol. The van der Waals surface area contributed by atoms with Gasteiger partial charge in [-0.15, -0.1) is 0 Å². The number of amides is 3. The fourth-order valence-corrected chi connectivity index (χ4v) is 6.03. The molecule has 4 rings (SSSR count). The third-order valence-electron chi connectivity index (χ3n) is 7.68. The van der Waals surface area contributed by atoms with Crippen LogP contribution < -0.4 is 5.32 Å². The maximum Gasteiger partial charge on any atom is 0.408 e. The van der Waals surface area contributed by atoms with Gasteiger partial charge in [0, 0.05) is 54.9 Å². The van der Waals surface area contributed by atoms with Crippen molar-refractivity contribution in [3.8, 4) is 0 Å². The maximum absolute atomic E-state index is 14.4. The zero-order valence-electron chi connectivity index (χ0n) is 24.9. The predicted octanol–water partition coefficient (Wildman–Crippen LogP) is 1.18. The number of thiol groups is 1. The van der Waals surface area contributed by atoms with Crippen LogP contribution in [0, 0.1) is 5.41 Å². The molecule has 2 aliphatic rings. The molecule has 232 valence electrons. The summed E-state index contributed by atoms with van der Waals surface area (Å²) in [6.45, 7) is 10.9. The van der Waals surface area contributed by atoms with Crippen molar-refractivity contribution in [2.45, 2.75) is 103 Å². The molecule has 0 radical (unpaired) electrons. The number of hydrogen-bond donors (Lipinski definition) is 4. The SMILES string of the molecule is CC(C)(C)NC(=O)O[C@H]1C(=O)N2[C@H]1C(S)C(C)(C)[C@H]2C(=O)N(Cc1cn(CCCO)cn1)Cc1cn(CCCO)cn1. The zero-order chi connectivity index (χ0) is 30.8. The van der Waals surface area contributed by atoms with Crippen LogP contribution in [0.2, 0.25) is 0 Å². The molecule has 0 aliphatic carbocycles. The Kier molecular flexibility index (Phi) is 9.58. The summed E-state index contributed by atoms with van der Waals surface area (Å²) in [5, 5.41) is 20.6. The van der Waals surface area contributed by atoms with E-state index in [1.165, 1.54) is 4.90 Å². The number of aromatic nitrogens is 4. The zero-order valence-corrected chi connectivity index (χ0v) is 25.8. The first-order chi connectivity index (χ1) is 19.8. The number of imidazole rings is 2. The number of rotatable bonds is 12. The van der Waals surface area contributed by atoms with Gasteiger partial charge in [0.15, 0.2) is 0 Å². The number of carbonyl (C=O) groups is 3.